The van der Waals surface area contributed by atoms with Crippen molar-refractivity contribution in [1.29, 1.82) is 0 Å². The van der Waals surface area contributed by atoms with Gasteiger partial charge in [-0.2, -0.15) is 0 Å². The van der Waals surface area contributed by atoms with Crippen molar-refractivity contribution in [3.05, 3.63) is 59.9 Å². The molecule has 0 spiro atoms. The first-order valence-electron chi connectivity index (χ1n) is 8.77. The number of carbonyl (C=O) groups is 1. The second-order valence-corrected chi connectivity index (χ2v) is 6.39. The number of aromatic nitrogens is 1. The first kappa shape index (κ1) is 19.6. The normalized spacial score (nSPS) is 11.7. The predicted octanol–water partition coefficient (Wildman–Crippen LogP) is 3.52. The van der Waals surface area contributed by atoms with Crippen LogP contribution in [0.4, 0.5) is 0 Å². The van der Waals surface area contributed by atoms with Crippen molar-refractivity contribution in [2.24, 2.45) is 7.05 Å². The Morgan fingerprint density at radius 2 is 2.12 bits per heavy atom. The van der Waals surface area contributed by atoms with E-state index in [-0.39, 0.29) is 11.9 Å². The van der Waals surface area contributed by atoms with E-state index < -0.39 is 0 Å². The lowest BCUT2D eigenvalue weighted by molar-refractivity contribution is 0.0938. The maximum Gasteiger partial charge on any atom is 0.251 e. The van der Waals surface area contributed by atoms with Crippen molar-refractivity contribution in [2.75, 3.05) is 14.2 Å². The molecule has 0 saturated heterocycles. The fourth-order valence-electron chi connectivity index (χ4n) is 2.98. The first-order chi connectivity index (χ1) is 12.5. The molecule has 26 heavy (non-hydrogen) atoms. The molecule has 1 N–H and O–H groups in total. The van der Waals surface area contributed by atoms with Crippen LogP contribution in [0.3, 0.4) is 0 Å². The van der Waals surface area contributed by atoms with Gasteiger partial charge < -0.3 is 19.4 Å². The molecule has 1 aromatic carbocycles. The number of nitrogens with one attached hydrogen (secondary N) is 1. The summed E-state index contributed by atoms with van der Waals surface area (Å²) in [6, 6.07) is 7.74. The van der Waals surface area contributed by atoms with Gasteiger partial charge in [0.05, 0.1) is 14.2 Å². The standard InChI is InChI=1S/C21H28N2O3/c1-6-8-16-13-17(14-19(25-4)20(16)26-5)21(24)22-15(2)10-11-18-9-7-12-23(18)3/h6-7,9,12-15H,1,8,10-11H2,2-5H3,(H,22,24)/t15-/m0/s1. The van der Waals surface area contributed by atoms with Crippen molar-refractivity contribution in [2.45, 2.75) is 32.2 Å². The summed E-state index contributed by atoms with van der Waals surface area (Å²) < 4.78 is 12.9. The molecule has 0 saturated carbocycles. The number of ether oxygens (including phenoxy) is 2. The van der Waals surface area contributed by atoms with E-state index in [9.17, 15) is 4.79 Å². The van der Waals surface area contributed by atoms with Crippen molar-refractivity contribution in [3.8, 4) is 11.5 Å². The summed E-state index contributed by atoms with van der Waals surface area (Å²) >= 11 is 0. The van der Waals surface area contributed by atoms with E-state index in [1.807, 2.05) is 32.3 Å². The molecule has 0 radical (unpaired) electrons. The number of allylic oxidation sites excluding steroid dienone is 1. The lowest BCUT2D eigenvalue weighted by atomic mass is 10.0. The van der Waals surface area contributed by atoms with Crippen LogP contribution < -0.4 is 14.8 Å². The topological polar surface area (TPSA) is 52.5 Å². The maximum atomic E-state index is 12.7. The Morgan fingerprint density at radius 1 is 1.35 bits per heavy atom. The van der Waals surface area contributed by atoms with Gasteiger partial charge in [0.2, 0.25) is 0 Å². The van der Waals surface area contributed by atoms with E-state index in [2.05, 4.69) is 22.5 Å². The van der Waals surface area contributed by atoms with Crippen LogP contribution >= 0.6 is 0 Å². The number of hydrogen-bond acceptors (Lipinski definition) is 3. The van der Waals surface area contributed by atoms with Crippen LogP contribution in [-0.4, -0.2) is 30.7 Å². The lowest BCUT2D eigenvalue weighted by Gasteiger charge is -2.17. The molecule has 0 aliphatic heterocycles. The zero-order valence-corrected chi connectivity index (χ0v) is 16.0. The molecular formula is C21H28N2O3. The van der Waals surface area contributed by atoms with Crippen LogP contribution in [0.25, 0.3) is 0 Å². The van der Waals surface area contributed by atoms with Gasteiger partial charge >= 0.3 is 0 Å². The number of nitrogens with zero attached hydrogens (tertiary/aromatic N) is 1. The predicted molar refractivity (Wildman–Crippen MR) is 104 cm³/mol. The van der Waals surface area contributed by atoms with Gasteiger partial charge in [-0.05, 0) is 50.5 Å². The number of benzene rings is 1. The van der Waals surface area contributed by atoms with Crippen molar-refractivity contribution in [3.63, 3.8) is 0 Å². The van der Waals surface area contributed by atoms with Gasteiger partial charge in [-0.25, -0.2) is 0 Å². The summed E-state index contributed by atoms with van der Waals surface area (Å²) in [6.07, 6.45) is 6.20. The van der Waals surface area contributed by atoms with E-state index in [1.165, 1.54) is 5.69 Å². The van der Waals surface area contributed by atoms with Gasteiger partial charge in [-0.3, -0.25) is 4.79 Å². The third-order valence-electron chi connectivity index (χ3n) is 4.44. The molecule has 5 heteroatoms. The highest BCUT2D eigenvalue weighted by molar-refractivity contribution is 5.95. The Bertz CT molecular complexity index is 765. The molecule has 1 heterocycles. The van der Waals surface area contributed by atoms with Gasteiger partial charge in [0, 0.05) is 36.1 Å². The fourth-order valence-corrected chi connectivity index (χ4v) is 2.98. The third-order valence-corrected chi connectivity index (χ3v) is 4.44. The molecule has 0 aliphatic carbocycles. The molecule has 1 amide bonds. The Morgan fingerprint density at radius 3 is 2.69 bits per heavy atom. The minimum absolute atomic E-state index is 0.0633. The van der Waals surface area contributed by atoms with E-state index in [4.69, 9.17) is 9.47 Å². The Balaban J connectivity index is 2.09. The maximum absolute atomic E-state index is 12.7. The second-order valence-electron chi connectivity index (χ2n) is 6.39. The molecule has 0 fully saturated rings. The van der Waals surface area contributed by atoms with Crippen molar-refractivity contribution >= 4 is 5.91 Å². The van der Waals surface area contributed by atoms with Gasteiger partial charge in [-0.15, -0.1) is 6.58 Å². The summed E-state index contributed by atoms with van der Waals surface area (Å²) in [6.45, 7) is 5.79. The highest BCUT2D eigenvalue weighted by Crippen LogP contribution is 2.33. The summed E-state index contributed by atoms with van der Waals surface area (Å²) in [5.74, 6) is 1.07. The average molecular weight is 356 g/mol. The minimum Gasteiger partial charge on any atom is -0.493 e. The summed E-state index contributed by atoms with van der Waals surface area (Å²) in [4.78, 5) is 12.7. The Kier molecular flexibility index (Phi) is 6.89. The molecule has 1 atom stereocenters. The van der Waals surface area contributed by atoms with Crippen molar-refractivity contribution < 1.29 is 14.3 Å². The number of amides is 1. The highest BCUT2D eigenvalue weighted by Gasteiger charge is 2.17. The molecule has 2 rings (SSSR count). The molecule has 140 valence electrons. The average Bonchev–Trinajstić information content (AvgIpc) is 3.04. The van der Waals surface area contributed by atoms with E-state index in [0.717, 1.165) is 18.4 Å². The zero-order chi connectivity index (χ0) is 19.1. The number of carbonyl (C=O) groups excluding carboxylic acids is 1. The minimum atomic E-state index is -0.115. The number of rotatable bonds is 9. The van der Waals surface area contributed by atoms with E-state index >= 15 is 0 Å². The Labute approximate surface area is 155 Å². The van der Waals surface area contributed by atoms with Gasteiger partial charge in [-0.1, -0.05) is 6.08 Å². The van der Waals surface area contributed by atoms with Gasteiger partial charge in [0.1, 0.15) is 0 Å². The summed E-state index contributed by atoms with van der Waals surface area (Å²) in [7, 11) is 5.19. The van der Waals surface area contributed by atoms with Crippen LogP contribution in [0.2, 0.25) is 0 Å². The van der Waals surface area contributed by atoms with Crippen LogP contribution in [0.5, 0.6) is 11.5 Å². The number of aryl methyl sites for hydroxylation is 2. The van der Waals surface area contributed by atoms with Crippen LogP contribution in [0.15, 0.2) is 43.1 Å². The summed E-state index contributed by atoms with van der Waals surface area (Å²) in [5.41, 5.74) is 2.69. The fraction of sp³-hybridized carbons (Fsp3) is 0.381. The number of methoxy groups -OCH3 is 2. The molecule has 5 nitrogen and oxygen atoms in total. The third kappa shape index (κ3) is 4.69. The summed E-state index contributed by atoms with van der Waals surface area (Å²) in [5, 5.41) is 3.07. The largest absolute Gasteiger partial charge is 0.493 e. The second kappa shape index (κ2) is 9.13. The van der Waals surface area contributed by atoms with Gasteiger partial charge in [0.15, 0.2) is 11.5 Å². The smallest absolute Gasteiger partial charge is 0.251 e. The van der Waals surface area contributed by atoms with Crippen LogP contribution in [0.1, 0.15) is 35.0 Å². The van der Waals surface area contributed by atoms with Gasteiger partial charge in [0.25, 0.3) is 5.91 Å². The quantitative estimate of drug-likeness (QED) is 0.700. The monoisotopic (exact) mass is 356 g/mol. The molecule has 2 aromatic rings. The zero-order valence-electron chi connectivity index (χ0n) is 16.0. The molecule has 0 aliphatic rings. The first-order valence-corrected chi connectivity index (χ1v) is 8.77. The highest BCUT2D eigenvalue weighted by atomic mass is 16.5. The Hall–Kier alpha value is -2.69. The molecular weight excluding hydrogens is 328 g/mol. The van der Waals surface area contributed by atoms with Crippen LogP contribution in [-0.2, 0) is 19.9 Å². The van der Waals surface area contributed by atoms with E-state index in [1.54, 1.807) is 26.4 Å². The molecule has 1 aromatic heterocycles. The van der Waals surface area contributed by atoms with Crippen molar-refractivity contribution in [1.82, 2.24) is 9.88 Å². The molecule has 0 unspecified atom stereocenters. The lowest BCUT2D eigenvalue weighted by Crippen LogP contribution is -2.33. The number of hydrogen-bond donors (Lipinski definition) is 1. The van der Waals surface area contributed by atoms with E-state index in [0.29, 0.717) is 23.5 Å². The molecule has 0 bridgehead atoms. The van der Waals surface area contributed by atoms with Crippen LogP contribution in [0, 0.1) is 0 Å². The SMILES string of the molecule is C=CCc1cc(C(=O)N[C@@H](C)CCc2cccn2C)cc(OC)c1OC.